The molecule has 4 aliphatic carbocycles. The van der Waals surface area contributed by atoms with Gasteiger partial charge in [-0.2, -0.15) is 0 Å². The largest absolute Gasteiger partial charge is 0.393 e. The van der Waals surface area contributed by atoms with E-state index >= 15 is 0 Å². The van der Waals surface area contributed by atoms with Crippen LogP contribution in [0.4, 0.5) is 0 Å². The minimum Gasteiger partial charge on any atom is -0.393 e. The van der Waals surface area contributed by atoms with Gasteiger partial charge in [-0.3, -0.25) is 5.32 Å². The number of rotatable bonds is 0. The van der Waals surface area contributed by atoms with E-state index in [2.05, 4.69) is 32.2 Å². The summed E-state index contributed by atoms with van der Waals surface area (Å²) in [6.45, 7) is 8.67. The number of hydrogen-bond acceptors (Lipinski definition) is 3. The lowest BCUT2D eigenvalue weighted by Crippen LogP contribution is -2.53. The smallest absolute Gasteiger partial charge is 0.120 e. The van der Waals surface area contributed by atoms with E-state index in [4.69, 9.17) is 4.74 Å². The van der Waals surface area contributed by atoms with Crippen LogP contribution in [0.1, 0.15) is 85.0 Å². The van der Waals surface area contributed by atoms with Gasteiger partial charge in [0.05, 0.1) is 12.2 Å². The van der Waals surface area contributed by atoms with Gasteiger partial charge in [0.1, 0.15) is 5.72 Å². The fraction of sp³-hybridized carbons (Fsp3) is 0.923. The van der Waals surface area contributed by atoms with Crippen molar-refractivity contribution in [2.75, 3.05) is 6.54 Å². The van der Waals surface area contributed by atoms with Gasteiger partial charge in [0, 0.05) is 6.54 Å². The summed E-state index contributed by atoms with van der Waals surface area (Å²) in [6.07, 6.45) is 15.2. The Morgan fingerprint density at radius 3 is 2.72 bits per heavy atom. The Kier molecular flexibility index (Phi) is 4.21. The highest BCUT2D eigenvalue weighted by molar-refractivity contribution is 5.26. The molecule has 6 rings (SSSR count). The van der Waals surface area contributed by atoms with E-state index in [1.165, 1.54) is 51.4 Å². The van der Waals surface area contributed by atoms with Gasteiger partial charge in [0.25, 0.3) is 0 Å². The summed E-state index contributed by atoms with van der Waals surface area (Å²) in [7, 11) is 0. The zero-order valence-electron chi connectivity index (χ0n) is 18.8. The summed E-state index contributed by atoms with van der Waals surface area (Å²) in [6, 6.07) is 0. The van der Waals surface area contributed by atoms with Crippen molar-refractivity contribution in [3.8, 4) is 0 Å². The van der Waals surface area contributed by atoms with Crippen LogP contribution in [0.3, 0.4) is 0 Å². The molecule has 0 aromatic heterocycles. The van der Waals surface area contributed by atoms with Crippen molar-refractivity contribution in [1.29, 1.82) is 0 Å². The number of aliphatic hydroxyl groups excluding tert-OH is 1. The molecule has 0 aromatic carbocycles. The minimum absolute atomic E-state index is 0.00219. The molecule has 2 saturated heterocycles. The summed E-state index contributed by atoms with van der Waals surface area (Å²) in [5, 5.41) is 14.1. The first kappa shape index (κ1) is 19.3. The topological polar surface area (TPSA) is 41.5 Å². The molecular weight excluding hydrogens is 358 g/mol. The van der Waals surface area contributed by atoms with Crippen molar-refractivity contribution in [3.63, 3.8) is 0 Å². The van der Waals surface area contributed by atoms with Crippen LogP contribution in [-0.4, -0.2) is 29.6 Å². The monoisotopic (exact) mass is 399 g/mol. The van der Waals surface area contributed by atoms with Crippen LogP contribution < -0.4 is 5.32 Å². The first-order valence-corrected chi connectivity index (χ1v) is 12.6. The zero-order valence-corrected chi connectivity index (χ0v) is 18.8. The van der Waals surface area contributed by atoms with Crippen molar-refractivity contribution in [2.24, 2.45) is 40.4 Å². The number of fused-ring (bicyclic) bond motifs is 7. The van der Waals surface area contributed by atoms with E-state index in [1.54, 1.807) is 5.57 Å². The lowest BCUT2D eigenvalue weighted by atomic mass is 9.47. The van der Waals surface area contributed by atoms with E-state index in [0.717, 1.165) is 49.0 Å². The Morgan fingerprint density at radius 2 is 1.93 bits per heavy atom. The Bertz CT molecular complexity index is 709. The predicted octanol–water partition coefficient (Wildman–Crippen LogP) is 5.04. The van der Waals surface area contributed by atoms with E-state index in [9.17, 15) is 5.11 Å². The molecule has 0 aromatic rings. The molecular formula is C26H41NO2. The normalized spacial score (nSPS) is 58.9. The zero-order chi connectivity index (χ0) is 20.0. The third-order valence-electron chi connectivity index (χ3n) is 11.0. The molecule has 2 heterocycles. The number of nitrogens with one attached hydrogen (secondary N) is 1. The van der Waals surface area contributed by atoms with Gasteiger partial charge < -0.3 is 9.84 Å². The number of allylic oxidation sites excluding steroid dienone is 1. The predicted molar refractivity (Wildman–Crippen MR) is 115 cm³/mol. The molecule has 0 radical (unpaired) electrons. The van der Waals surface area contributed by atoms with E-state index in [1.807, 2.05) is 0 Å². The Balaban J connectivity index is 1.25. The average Bonchev–Trinajstić information content (AvgIpc) is 3.18. The lowest BCUT2D eigenvalue weighted by Gasteiger charge is -2.58. The minimum atomic E-state index is -0.0964. The number of aliphatic hydroxyl groups is 1. The van der Waals surface area contributed by atoms with Gasteiger partial charge >= 0.3 is 0 Å². The summed E-state index contributed by atoms with van der Waals surface area (Å²) in [4.78, 5) is 0. The van der Waals surface area contributed by atoms with Crippen molar-refractivity contribution >= 4 is 0 Å². The molecule has 3 nitrogen and oxygen atoms in total. The van der Waals surface area contributed by atoms with Crippen LogP contribution in [0.2, 0.25) is 0 Å². The Morgan fingerprint density at radius 1 is 1.07 bits per heavy atom. The molecule has 2 N–H and O–H groups in total. The second kappa shape index (κ2) is 6.33. The molecule has 2 unspecified atom stereocenters. The molecule has 3 heteroatoms. The highest BCUT2D eigenvalue weighted by Crippen LogP contribution is 2.69. The van der Waals surface area contributed by atoms with Crippen LogP contribution >= 0.6 is 0 Å². The standard InChI is InChI=1S/C26H41NO2/c1-16-6-11-26(27-15-16)14-22-23(29-26)13-21-19-5-4-17-12-18(28)7-9-24(17,2)20(19)8-10-25(21,22)3/h4,16,18-23,27-28H,5-15H2,1-3H3/t16-,18-,19-,20?,21?,22+,23+,24+,25+,26-/m0/s1. The van der Waals surface area contributed by atoms with E-state index < -0.39 is 0 Å². The van der Waals surface area contributed by atoms with Crippen molar-refractivity contribution < 1.29 is 9.84 Å². The maximum absolute atomic E-state index is 10.2. The van der Waals surface area contributed by atoms with Crippen LogP contribution in [0.5, 0.6) is 0 Å². The molecule has 0 amide bonds. The van der Waals surface area contributed by atoms with Crippen LogP contribution in [0.25, 0.3) is 0 Å². The van der Waals surface area contributed by atoms with Crippen molar-refractivity contribution in [2.45, 2.75) is 103 Å². The maximum Gasteiger partial charge on any atom is 0.120 e. The van der Waals surface area contributed by atoms with Gasteiger partial charge in [-0.1, -0.05) is 32.4 Å². The lowest BCUT2D eigenvalue weighted by molar-refractivity contribution is -0.0960. The summed E-state index contributed by atoms with van der Waals surface area (Å²) < 4.78 is 6.89. The SMILES string of the molecule is C[C@H]1CC[C@]2(C[C@@H]3[C@@H](CC4[C@H]5CC=C6C[C@@H](O)CC[C@@]6(C)C5CC[C@]43C)O2)NC1. The fourth-order valence-corrected chi connectivity index (χ4v) is 9.23. The molecule has 6 aliphatic rings. The van der Waals surface area contributed by atoms with Gasteiger partial charge in [0.2, 0.25) is 0 Å². The summed E-state index contributed by atoms with van der Waals surface area (Å²) in [5.74, 6) is 4.04. The molecule has 162 valence electrons. The molecule has 3 saturated carbocycles. The summed E-state index contributed by atoms with van der Waals surface area (Å²) >= 11 is 0. The van der Waals surface area contributed by atoms with Gasteiger partial charge in [-0.05, 0) is 105 Å². The first-order chi connectivity index (χ1) is 13.8. The second-order valence-electron chi connectivity index (χ2n) is 12.4. The maximum atomic E-state index is 10.2. The summed E-state index contributed by atoms with van der Waals surface area (Å²) in [5.41, 5.74) is 2.41. The molecule has 2 aliphatic heterocycles. The van der Waals surface area contributed by atoms with E-state index in [0.29, 0.717) is 16.9 Å². The molecule has 29 heavy (non-hydrogen) atoms. The number of piperidine rings is 1. The molecule has 10 atom stereocenters. The first-order valence-electron chi connectivity index (χ1n) is 12.6. The van der Waals surface area contributed by atoms with Gasteiger partial charge in [-0.15, -0.1) is 0 Å². The van der Waals surface area contributed by atoms with Gasteiger partial charge in [0.15, 0.2) is 0 Å². The Labute approximate surface area is 177 Å². The Hall–Kier alpha value is -0.380. The highest BCUT2D eigenvalue weighted by Gasteiger charge is 2.65. The fourth-order valence-electron chi connectivity index (χ4n) is 9.23. The third kappa shape index (κ3) is 2.66. The third-order valence-corrected chi connectivity index (χ3v) is 11.0. The van der Waals surface area contributed by atoms with Crippen molar-refractivity contribution in [3.05, 3.63) is 11.6 Å². The van der Waals surface area contributed by atoms with Gasteiger partial charge in [-0.25, -0.2) is 0 Å². The molecule has 5 fully saturated rings. The molecule has 1 spiro atoms. The molecule has 0 bridgehead atoms. The second-order valence-corrected chi connectivity index (χ2v) is 12.4. The van der Waals surface area contributed by atoms with Crippen LogP contribution in [0.15, 0.2) is 11.6 Å². The van der Waals surface area contributed by atoms with Crippen LogP contribution in [-0.2, 0) is 4.74 Å². The number of hydrogen-bond donors (Lipinski definition) is 2. The van der Waals surface area contributed by atoms with Crippen LogP contribution in [0, 0.1) is 40.4 Å². The average molecular weight is 400 g/mol. The van der Waals surface area contributed by atoms with Crippen molar-refractivity contribution in [1.82, 2.24) is 5.32 Å². The van der Waals surface area contributed by atoms with E-state index in [-0.39, 0.29) is 11.8 Å². The quantitative estimate of drug-likeness (QED) is 0.561. The highest BCUT2D eigenvalue weighted by atomic mass is 16.5. The number of ether oxygens (including phenoxy) is 1.